The minimum absolute atomic E-state index is 0.0900. The van der Waals surface area contributed by atoms with Gasteiger partial charge in [0.15, 0.2) is 0 Å². The van der Waals surface area contributed by atoms with E-state index < -0.39 is 15.9 Å². The zero-order chi connectivity index (χ0) is 20.7. The van der Waals surface area contributed by atoms with Crippen molar-refractivity contribution in [1.82, 2.24) is 5.32 Å². The molecule has 0 spiro atoms. The molecule has 0 aliphatic rings. The average molecular weight is 405 g/mol. The molecule has 2 aromatic carbocycles. The summed E-state index contributed by atoms with van der Waals surface area (Å²) in [5.41, 5.74) is 1.65. The largest absolute Gasteiger partial charge is 0.492 e. The molecule has 0 heterocycles. The molecule has 28 heavy (non-hydrogen) atoms. The summed E-state index contributed by atoms with van der Waals surface area (Å²) < 4.78 is 31.0. The number of ether oxygens (including phenoxy) is 1. The Labute approximate surface area is 164 Å². The zero-order valence-electron chi connectivity index (χ0n) is 15.9. The Bertz CT molecular complexity index is 973. The smallest absolute Gasteiger partial charge is 0.253 e. The van der Waals surface area contributed by atoms with Crippen molar-refractivity contribution >= 4 is 33.2 Å². The molecule has 0 saturated carbocycles. The summed E-state index contributed by atoms with van der Waals surface area (Å²) in [6.45, 7) is 3.75. The Morgan fingerprint density at radius 3 is 2.50 bits per heavy atom. The maximum atomic E-state index is 12.5. The molecule has 8 nitrogen and oxygen atoms in total. The second kappa shape index (κ2) is 9.23. The van der Waals surface area contributed by atoms with Crippen molar-refractivity contribution < 1.29 is 22.7 Å². The number of carbonyl (C=O) groups is 2. The van der Waals surface area contributed by atoms with Crippen LogP contribution in [0.25, 0.3) is 0 Å². The number of benzene rings is 2. The molecule has 2 rings (SSSR count). The van der Waals surface area contributed by atoms with Crippen molar-refractivity contribution in [3.05, 3.63) is 53.6 Å². The Hall–Kier alpha value is -3.07. The van der Waals surface area contributed by atoms with Gasteiger partial charge in [-0.1, -0.05) is 12.1 Å². The van der Waals surface area contributed by atoms with Gasteiger partial charge in [0.25, 0.3) is 5.91 Å². The SMILES string of the molecule is CC(=O)Nc1ccc(NS(C)(=O)=O)c(C(=O)NCCOc2cccc(C)c2)c1. The third kappa shape index (κ3) is 6.92. The van der Waals surface area contributed by atoms with E-state index in [1.807, 2.05) is 31.2 Å². The van der Waals surface area contributed by atoms with Crippen LogP contribution in [0.2, 0.25) is 0 Å². The van der Waals surface area contributed by atoms with Gasteiger partial charge in [-0.25, -0.2) is 8.42 Å². The van der Waals surface area contributed by atoms with Crippen molar-refractivity contribution in [2.24, 2.45) is 0 Å². The number of nitrogens with one attached hydrogen (secondary N) is 3. The highest BCUT2D eigenvalue weighted by atomic mass is 32.2. The van der Waals surface area contributed by atoms with Gasteiger partial charge in [-0.2, -0.15) is 0 Å². The molecule has 2 amide bonds. The molecule has 0 fully saturated rings. The van der Waals surface area contributed by atoms with Crippen molar-refractivity contribution in [2.75, 3.05) is 29.4 Å². The fraction of sp³-hybridized carbons (Fsp3) is 0.263. The van der Waals surface area contributed by atoms with Gasteiger partial charge in [-0.3, -0.25) is 14.3 Å². The first-order valence-corrected chi connectivity index (χ1v) is 10.4. The molecular weight excluding hydrogens is 382 g/mol. The molecule has 0 saturated heterocycles. The lowest BCUT2D eigenvalue weighted by Gasteiger charge is -2.13. The van der Waals surface area contributed by atoms with Gasteiger partial charge in [-0.15, -0.1) is 0 Å². The molecule has 9 heteroatoms. The standard InChI is InChI=1S/C19H23N3O5S/c1-13-5-4-6-16(11-13)27-10-9-20-19(24)17-12-15(21-14(2)23)7-8-18(17)22-28(3,25)26/h4-8,11-12,22H,9-10H2,1-3H3,(H,20,24)(H,21,23). The van der Waals surface area contributed by atoms with Crippen LogP contribution in [-0.4, -0.2) is 39.6 Å². The van der Waals surface area contributed by atoms with Gasteiger partial charge in [0.05, 0.1) is 24.1 Å². The third-order valence-electron chi connectivity index (χ3n) is 3.53. The number of amides is 2. The highest BCUT2D eigenvalue weighted by Gasteiger charge is 2.15. The Morgan fingerprint density at radius 2 is 1.86 bits per heavy atom. The Morgan fingerprint density at radius 1 is 1.11 bits per heavy atom. The summed E-state index contributed by atoms with van der Waals surface area (Å²) in [5.74, 6) is -0.103. The first-order chi connectivity index (χ1) is 13.1. The minimum atomic E-state index is -3.58. The lowest BCUT2D eigenvalue weighted by Crippen LogP contribution is -2.29. The van der Waals surface area contributed by atoms with Crippen molar-refractivity contribution in [3.63, 3.8) is 0 Å². The maximum Gasteiger partial charge on any atom is 0.253 e. The second-order valence-corrected chi connectivity index (χ2v) is 7.99. The van der Waals surface area contributed by atoms with Gasteiger partial charge < -0.3 is 15.4 Å². The molecule has 0 aliphatic heterocycles. The van der Waals surface area contributed by atoms with Crippen LogP contribution < -0.4 is 20.1 Å². The monoisotopic (exact) mass is 405 g/mol. The summed E-state index contributed by atoms with van der Waals surface area (Å²) in [4.78, 5) is 23.8. The first kappa shape index (κ1) is 21.2. The second-order valence-electron chi connectivity index (χ2n) is 6.24. The van der Waals surface area contributed by atoms with Crippen LogP contribution in [0.5, 0.6) is 5.75 Å². The van der Waals surface area contributed by atoms with E-state index in [2.05, 4.69) is 15.4 Å². The average Bonchev–Trinajstić information content (AvgIpc) is 2.58. The highest BCUT2D eigenvalue weighted by Crippen LogP contribution is 2.22. The van der Waals surface area contributed by atoms with Gasteiger partial charge in [0.1, 0.15) is 12.4 Å². The van der Waals surface area contributed by atoms with E-state index in [4.69, 9.17) is 4.74 Å². The zero-order valence-corrected chi connectivity index (χ0v) is 16.7. The molecular formula is C19H23N3O5S. The van der Waals surface area contributed by atoms with Gasteiger partial charge in [-0.05, 0) is 42.8 Å². The third-order valence-corrected chi connectivity index (χ3v) is 4.12. The molecule has 0 aliphatic carbocycles. The minimum Gasteiger partial charge on any atom is -0.492 e. The number of carbonyl (C=O) groups excluding carboxylic acids is 2. The van der Waals surface area contributed by atoms with Gasteiger partial charge >= 0.3 is 0 Å². The topological polar surface area (TPSA) is 114 Å². The van der Waals surface area contributed by atoms with E-state index in [0.29, 0.717) is 11.4 Å². The summed E-state index contributed by atoms with van der Waals surface area (Å²) in [7, 11) is -3.58. The quantitative estimate of drug-likeness (QED) is 0.582. The van der Waals surface area contributed by atoms with E-state index in [1.54, 1.807) is 0 Å². The highest BCUT2D eigenvalue weighted by molar-refractivity contribution is 7.92. The van der Waals surface area contributed by atoms with Crippen molar-refractivity contribution in [1.29, 1.82) is 0 Å². The molecule has 2 aromatic rings. The number of aryl methyl sites for hydroxylation is 1. The lowest BCUT2D eigenvalue weighted by atomic mass is 10.1. The Kier molecular flexibility index (Phi) is 7.00. The molecule has 0 bridgehead atoms. The van der Waals surface area contributed by atoms with E-state index >= 15 is 0 Å². The summed E-state index contributed by atoms with van der Waals surface area (Å²) in [6, 6.07) is 11.9. The van der Waals surface area contributed by atoms with E-state index in [9.17, 15) is 18.0 Å². The molecule has 150 valence electrons. The number of hydrogen-bond acceptors (Lipinski definition) is 5. The van der Waals surface area contributed by atoms with Crippen LogP contribution in [0.4, 0.5) is 11.4 Å². The fourth-order valence-corrected chi connectivity index (χ4v) is 3.01. The van der Waals surface area contributed by atoms with Gasteiger partial charge in [0, 0.05) is 12.6 Å². The molecule has 0 aromatic heterocycles. The van der Waals surface area contributed by atoms with Crippen LogP contribution in [-0.2, 0) is 14.8 Å². The number of hydrogen-bond donors (Lipinski definition) is 3. The maximum absolute atomic E-state index is 12.5. The van der Waals surface area contributed by atoms with Crippen molar-refractivity contribution in [3.8, 4) is 5.75 Å². The van der Waals surface area contributed by atoms with Gasteiger partial charge in [0.2, 0.25) is 15.9 Å². The normalized spacial score (nSPS) is 10.8. The van der Waals surface area contributed by atoms with Crippen LogP contribution in [0, 0.1) is 6.92 Å². The summed E-state index contributed by atoms with van der Waals surface area (Å²) in [5, 5.41) is 5.24. The van der Waals surface area contributed by atoms with Crippen LogP contribution in [0.3, 0.4) is 0 Å². The summed E-state index contributed by atoms with van der Waals surface area (Å²) in [6.07, 6.45) is 0.992. The molecule has 3 N–H and O–H groups in total. The van der Waals surface area contributed by atoms with Crippen LogP contribution >= 0.6 is 0 Å². The van der Waals surface area contributed by atoms with E-state index in [1.165, 1.54) is 25.1 Å². The predicted octanol–water partition coefficient (Wildman–Crippen LogP) is 2.13. The Balaban J connectivity index is 2.07. The number of sulfonamides is 1. The van der Waals surface area contributed by atoms with E-state index in [-0.39, 0.29) is 30.3 Å². The van der Waals surface area contributed by atoms with Crippen LogP contribution in [0.1, 0.15) is 22.8 Å². The van der Waals surface area contributed by atoms with Crippen molar-refractivity contribution in [2.45, 2.75) is 13.8 Å². The summed E-state index contributed by atoms with van der Waals surface area (Å²) >= 11 is 0. The number of anilines is 2. The fourth-order valence-electron chi connectivity index (χ4n) is 2.44. The molecule has 0 unspecified atom stereocenters. The lowest BCUT2D eigenvalue weighted by molar-refractivity contribution is -0.114. The molecule has 0 atom stereocenters. The number of rotatable bonds is 8. The van der Waals surface area contributed by atoms with E-state index in [0.717, 1.165) is 11.8 Å². The van der Waals surface area contributed by atoms with Crippen LogP contribution in [0.15, 0.2) is 42.5 Å². The predicted molar refractivity (Wildman–Crippen MR) is 108 cm³/mol. The first-order valence-electron chi connectivity index (χ1n) is 8.51. The molecule has 0 radical (unpaired) electrons.